The largest absolute Gasteiger partial charge is 0.350 e. The molecule has 1 saturated heterocycles. The number of rotatable bonds is 5. The average molecular weight is 319 g/mol. The van der Waals surface area contributed by atoms with Crippen molar-refractivity contribution in [2.45, 2.75) is 32.2 Å². The number of nitrogens with one attached hydrogen (secondary N) is 2. The van der Waals surface area contributed by atoms with E-state index in [0.29, 0.717) is 18.3 Å². The van der Waals surface area contributed by atoms with Gasteiger partial charge in [-0.05, 0) is 50.7 Å². The van der Waals surface area contributed by atoms with Gasteiger partial charge in [-0.15, -0.1) is 16.4 Å². The van der Waals surface area contributed by atoms with E-state index in [2.05, 4.69) is 27.0 Å². The maximum atomic E-state index is 12.3. The Bertz CT molecular complexity index is 616. The van der Waals surface area contributed by atoms with Crippen LogP contribution in [0.15, 0.2) is 17.5 Å². The van der Waals surface area contributed by atoms with Gasteiger partial charge in [-0.3, -0.25) is 4.79 Å². The molecule has 22 heavy (non-hydrogen) atoms. The average Bonchev–Trinajstić information content (AvgIpc) is 3.18. The summed E-state index contributed by atoms with van der Waals surface area (Å²) >= 11 is 1.71. The summed E-state index contributed by atoms with van der Waals surface area (Å²) < 4.78 is 1.91. The fraction of sp³-hybridized carbons (Fsp3) is 0.533. The monoisotopic (exact) mass is 319 g/mol. The molecule has 0 bridgehead atoms. The van der Waals surface area contributed by atoms with Crippen molar-refractivity contribution in [1.82, 2.24) is 25.6 Å². The summed E-state index contributed by atoms with van der Waals surface area (Å²) in [6.07, 6.45) is 2.91. The Morgan fingerprint density at radius 1 is 1.50 bits per heavy atom. The molecule has 118 valence electrons. The lowest BCUT2D eigenvalue weighted by molar-refractivity contribution is 0.0948. The van der Waals surface area contributed by atoms with E-state index in [1.165, 1.54) is 4.88 Å². The van der Waals surface area contributed by atoms with E-state index >= 15 is 0 Å². The second kappa shape index (κ2) is 7.02. The lowest BCUT2D eigenvalue weighted by Gasteiger charge is -2.23. The number of aromatic nitrogens is 3. The van der Waals surface area contributed by atoms with Gasteiger partial charge in [-0.25, -0.2) is 4.68 Å². The highest BCUT2D eigenvalue weighted by atomic mass is 32.1. The van der Waals surface area contributed by atoms with Crippen LogP contribution >= 0.6 is 11.3 Å². The third-order valence-corrected chi connectivity index (χ3v) is 4.97. The standard InChI is InChI=1S/C15H21N5OS/c1-11-14(15(21)17-9-6-13-3-2-10-22-13)18-19-20(11)12-4-7-16-8-5-12/h2-3,10,12,16H,4-9H2,1H3,(H,17,21). The highest BCUT2D eigenvalue weighted by molar-refractivity contribution is 7.09. The number of carbonyl (C=O) groups is 1. The summed E-state index contributed by atoms with van der Waals surface area (Å²) in [4.78, 5) is 13.5. The molecular formula is C15H21N5OS. The van der Waals surface area contributed by atoms with E-state index in [9.17, 15) is 4.79 Å². The molecule has 0 aromatic carbocycles. The minimum absolute atomic E-state index is 0.130. The van der Waals surface area contributed by atoms with Crippen molar-refractivity contribution in [2.24, 2.45) is 0 Å². The fourth-order valence-electron chi connectivity index (χ4n) is 2.79. The number of carbonyl (C=O) groups excluding carboxylic acids is 1. The summed E-state index contributed by atoms with van der Waals surface area (Å²) in [5, 5.41) is 16.6. The zero-order valence-electron chi connectivity index (χ0n) is 12.7. The van der Waals surface area contributed by atoms with Gasteiger partial charge in [0.25, 0.3) is 5.91 Å². The van der Waals surface area contributed by atoms with Crippen LogP contribution in [0.5, 0.6) is 0 Å². The first-order valence-corrected chi connectivity index (χ1v) is 8.57. The van der Waals surface area contributed by atoms with E-state index in [0.717, 1.165) is 38.0 Å². The molecule has 1 aliphatic rings. The molecule has 0 aliphatic carbocycles. The summed E-state index contributed by atoms with van der Waals surface area (Å²) in [5.74, 6) is -0.130. The van der Waals surface area contributed by atoms with Crippen LogP contribution in [-0.2, 0) is 6.42 Å². The molecule has 2 aromatic rings. The molecule has 3 heterocycles. The Morgan fingerprint density at radius 3 is 3.05 bits per heavy atom. The molecule has 1 fully saturated rings. The molecule has 2 N–H and O–H groups in total. The van der Waals surface area contributed by atoms with Crippen molar-refractivity contribution in [3.8, 4) is 0 Å². The van der Waals surface area contributed by atoms with Gasteiger partial charge < -0.3 is 10.6 Å². The number of piperidine rings is 1. The van der Waals surface area contributed by atoms with Crippen molar-refractivity contribution < 1.29 is 4.79 Å². The second-order valence-corrected chi connectivity index (χ2v) is 6.57. The molecule has 1 aliphatic heterocycles. The Balaban J connectivity index is 1.59. The van der Waals surface area contributed by atoms with Crippen molar-refractivity contribution in [3.63, 3.8) is 0 Å². The molecule has 0 radical (unpaired) electrons. The third kappa shape index (κ3) is 3.36. The van der Waals surface area contributed by atoms with E-state index in [1.807, 2.05) is 23.1 Å². The SMILES string of the molecule is Cc1c(C(=O)NCCc2cccs2)nnn1C1CCNCC1. The minimum atomic E-state index is -0.130. The quantitative estimate of drug-likeness (QED) is 0.877. The Labute approximate surface area is 133 Å². The van der Waals surface area contributed by atoms with Crippen LogP contribution in [0, 0.1) is 6.92 Å². The molecule has 0 unspecified atom stereocenters. The summed E-state index contributed by atoms with van der Waals surface area (Å²) in [6.45, 7) is 4.54. The number of thiophene rings is 1. The van der Waals surface area contributed by atoms with Crippen LogP contribution in [0.1, 0.15) is 39.9 Å². The molecular weight excluding hydrogens is 298 g/mol. The first-order chi connectivity index (χ1) is 10.8. The zero-order valence-corrected chi connectivity index (χ0v) is 13.5. The Morgan fingerprint density at radius 2 is 2.32 bits per heavy atom. The van der Waals surface area contributed by atoms with Gasteiger partial charge in [-0.2, -0.15) is 0 Å². The minimum Gasteiger partial charge on any atom is -0.350 e. The first-order valence-electron chi connectivity index (χ1n) is 7.69. The lowest BCUT2D eigenvalue weighted by Crippen LogP contribution is -2.30. The number of nitrogens with zero attached hydrogens (tertiary/aromatic N) is 3. The van der Waals surface area contributed by atoms with Crippen LogP contribution in [-0.4, -0.2) is 40.5 Å². The van der Waals surface area contributed by atoms with Crippen molar-refractivity contribution in [3.05, 3.63) is 33.8 Å². The van der Waals surface area contributed by atoms with Gasteiger partial charge in [0.05, 0.1) is 11.7 Å². The molecule has 3 rings (SSSR count). The Kier molecular flexibility index (Phi) is 4.84. The van der Waals surface area contributed by atoms with Gasteiger partial charge in [0.1, 0.15) is 0 Å². The molecule has 2 aromatic heterocycles. The first kappa shape index (κ1) is 15.2. The van der Waals surface area contributed by atoms with E-state index < -0.39 is 0 Å². The molecule has 7 heteroatoms. The Hall–Kier alpha value is -1.73. The number of amides is 1. The highest BCUT2D eigenvalue weighted by Gasteiger charge is 2.22. The predicted molar refractivity (Wildman–Crippen MR) is 86.3 cm³/mol. The van der Waals surface area contributed by atoms with Crippen LogP contribution in [0.3, 0.4) is 0 Å². The predicted octanol–water partition coefficient (Wildman–Crippen LogP) is 1.55. The van der Waals surface area contributed by atoms with Crippen LogP contribution in [0.2, 0.25) is 0 Å². The van der Waals surface area contributed by atoms with Crippen LogP contribution < -0.4 is 10.6 Å². The van der Waals surface area contributed by atoms with E-state index in [-0.39, 0.29) is 5.91 Å². The van der Waals surface area contributed by atoms with Crippen LogP contribution in [0.4, 0.5) is 0 Å². The zero-order chi connectivity index (χ0) is 15.4. The third-order valence-electron chi connectivity index (χ3n) is 4.03. The second-order valence-electron chi connectivity index (χ2n) is 5.53. The van der Waals surface area contributed by atoms with Gasteiger partial charge in [0.15, 0.2) is 5.69 Å². The van der Waals surface area contributed by atoms with Gasteiger partial charge in [0.2, 0.25) is 0 Å². The maximum Gasteiger partial charge on any atom is 0.273 e. The van der Waals surface area contributed by atoms with E-state index in [4.69, 9.17) is 0 Å². The smallest absolute Gasteiger partial charge is 0.273 e. The van der Waals surface area contributed by atoms with Crippen LogP contribution in [0.25, 0.3) is 0 Å². The van der Waals surface area contributed by atoms with Gasteiger partial charge in [0, 0.05) is 11.4 Å². The van der Waals surface area contributed by atoms with Crippen molar-refractivity contribution in [2.75, 3.05) is 19.6 Å². The van der Waals surface area contributed by atoms with Gasteiger partial charge >= 0.3 is 0 Å². The van der Waals surface area contributed by atoms with E-state index in [1.54, 1.807) is 11.3 Å². The van der Waals surface area contributed by atoms with Crippen molar-refractivity contribution in [1.29, 1.82) is 0 Å². The normalized spacial score (nSPS) is 15.9. The topological polar surface area (TPSA) is 71.8 Å². The molecule has 1 amide bonds. The number of hydrogen-bond acceptors (Lipinski definition) is 5. The summed E-state index contributed by atoms with van der Waals surface area (Å²) in [6, 6.07) is 4.45. The lowest BCUT2D eigenvalue weighted by atomic mass is 10.1. The molecule has 0 saturated carbocycles. The molecule has 0 atom stereocenters. The fourth-order valence-corrected chi connectivity index (χ4v) is 3.50. The highest BCUT2D eigenvalue weighted by Crippen LogP contribution is 2.20. The van der Waals surface area contributed by atoms with Crippen molar-refractivity contribution >= 4 is 17.2 Å². The maximum absolute atomic E-state index is 12.3. The summed E-state index contributed by atoms with van der Waals surface area (Å²) in [5.41, 5.74) is 1.31. The molecule has 6 nitrogen and oxygen atoms in total. The molecule has 0 spiro atoms. The number of hydrogen-bond donors (Lipinski definition) is 2. The summed E-state index contributed by atoms with van der Waals surface area (Å²) in [7, 11) is 0. The van der Waals surface area contributed by atoms with Gasteiger partial charge in [-0.1, -0.05) is 11.3 Å².